The zero-order valence-corrected chi connectivity index (χ0v) is 13.6. The van der Waals surface area contributed by atoms with E-state index in [1.54, 1.807) is 0 Å². The molecule has 0 spiro atoms. The Kier molecular flexibility index (Phi) is 5.84. The molecule has 5 heteroatoms. The molecule has 0 radical (unpaired) electrons. The summed E-state index contributed by atoms with van der Waals surface area (Å²) in [6.07, 6.45) is 0.871. The number of carbonyl (C=O) groups excluding carboxylic acids is 3. The fourth-order valence-corrected chi connectivity index (χ4v) is 2.24. The van der Waals surface area contributed by atoms with E-state index in [4.69, 9.17) is 9.47 Å². The Morgan fingerprint density at radius 2 is 1.54 bits per heavy atom. The van der Waals surface area contributed by atoms with Gasteiger partial charge in [-0.2, -0.15) is 0 Å². The molecule has 0 bridgehead atoms. The van der Waals surface area contributed by atoms with Crippen LogP contribution in [-0.2, 0) is 16.0 Å². The van der Waals surface area contributed by atoms with Gasteiger partial charge in [-0.25, -0.2) is 0 Å². The Balaban J connectivity index is 2.18. The van der Waals surface area contributed by atoms with E-state index in [9.17, 15) is 14.4 Å². The zero-order valence-electron chi connectivity index (χ0n) is 13.6. The number of ether oxygens (including phenoxy) is 2. The van der Waals surface area contributed by atoms with Crippen molar-refractivity contribution in [2.75, 3.05) is 0 Å². The molecule has 0 aliphatic carbocycles. The molecule has 0 N–H and O–H groups in total. The molecule has 0 unspecified atom stereocenters. The summed E-state index contributed by atoms with van der Waals surface area (Å²) in [5.41, 5.74) is 1.34. The predicted molar refractivity (Wildman–Crippen MR) is 88.2 cm³/mol. The molecule has 5 nitrogen and oxygen atoms in total. The molecule has 0 atom stereocenters. The predicted octanol–water partition coefficient (Wildman–Crippen LogP) is 3.35. The van der Waals surface area contributed by atoms with Gasteiger partial charge in [-0.15, -0.1) is 0 Å². The first-order valence-corrected chi connectivity index (χ1v) is 7.53. The van der Waals surface area contributed by atoms with E-state index in [0.717, 1.165) is 5.56 Å². The normalized spacial score (nSPS) is 10.1. The lowest BCUT2D eigenvalue weighted by atomic mass is 10.0. The second kappa shape index (κ2) is 8.06. The summed E-state index contributed by atoms with van der Waals surface area (Å²) in [6, 6.07) is 14.0. The van der Waals surface area contributed by atoms with Crippen LogP contribution in [-0.4, -0.2) is 17.7 Å². The molecule has 0 saturated heterocycles. The largest absolute Gasteiger partial charge is 0.427 e. The standard InChI is InChI=1S/C19H18O5/c1-13(20)23-16-9-10-17(19(12-16)24-14(2)21)18(22)11-8-15-6-4-3-5-7-15/h3-7,9-10,12H,8,11H2,1-2H3. The van der Waals surface area contributed by atoms with Crippen molar-refractivity contribution >= 4 is 17.7 Å². The van der Waals surface area contributed by atoms with Gasteiger partial charge >= 0.3 is 11.9 Å². The fraction of sp³-hybridized carbons (Fsp3) is 0.211. The third-order valence-electron chi connectivity index (χ3n) is 3.25. The van der Waals surface area contributed by atoms with Gasteiger partial charge in [-0.05, 0) is 24.1 Å². The van der Waals surface area contributed by atoms with Gasteiger partial charge in [-0.3, -0.25) is 14.4 Å². The van der Waals surface area contributed by atoms with Crippen molar-refractivity contribution in [3.05, 3.63) is 59.7 Å². The number of benzene rings is 2. The minimum Gasteiger partial charge on any atom is -0.427 e. The minimum absolute atomic E-state index is 0.0966. The molecule has 0 heterocycles. The summed E-state index contributed by atoms with van der Waals surface area (Å²) in [6.45, 7) is 2.52. The molecule has 0 fully saturated rings. The van der Waals surface area contributed by atoms with Crippen LogP contribution in [0.25, 0.3) is 0 Å². The van der Waals surface area contributed by atoms with E-state index >= 15 is 0 Å². The van der Waals surface area contributed by atoms with Crippen molar-refractivity contribution in [3.8, 4) is 11.5 Å². The lowest BCUT2D eigenvalue weighted by Crippen LogP contribution is -2.10. The number of Topliss-reactive ketones (excluding diaryl/α,β-unsaturated/α-hetero) is 1. The number of rotatable bonds is 6. The Morgan fingerprint density at radius 3 is 2.17 bits per heavy atom. The molecule has 2 aromatic carbocycles. The molecule has 124 valence electrons. The van der Waals surface area contributed by atoms with Crippen LogP contribution in [0.2, 0.25) is 0 Å². The maximum Gasteiger partial charge on any atom is 0.308 e. The summed E-state index contributed by atoms with van der Waals surface area (Å²) in [7, 11) is 0. The third kappa shape index (κ3) is 5.05. The van der Waals surface area contributed by atoms with Crippen LogP contribution >= 0.6 is 0 Å². The number of ketones is 1. The van der Waals surface area contributed by atoms with Crippen molar-refractivity contribution in [2.45, 2.75) is 26.7 Å². The summed E-state index contributed by atoms with van der Waals surface area (Å²) >= 11 is 0. The van der Waals surface area contributed by atoms with Crippen LogP contribution in [0.15, 0.2) is 48.5 Å². The first kappa shape index (κ1) is 17.4. The Hall–Kier alpha value is -2.95. The van der Waals surface area contributed by atoms with Crippen LogP contribution < -0.4 is 9.47 Å². The summed E-state index contributed by atoms with van der Waals surface area (Å²) in [5, 5.41) is 0. The molecule has 0 aliphatic heterocycles. The van der Waals surface area contributed by atoms with Crippen LogP contribution in [0, 0.1) is 0 Å². The van der Waals surface area contributed by atoms with Crippen LogP contribution in [0.5, 0.6) is 11.5 Å². The van der Waals surface area contributed by atoms with Crippen LogP contribution in [0.4, 0.5) is 0 Å². The molecular formula is C19H18O5. The number of aryl methyl sites for hydroxylation is 1. The highest BCUT2D eigenvalue weighted by molar-refractivity contribution is 5.99. The van der Waals surface area contributed by atoms with Crippen molar-refractivity contribution < 1.29 is 23.9 Å². The van der Waals surface area contributed by atoms with E-state index in [2.05, 4.69) is 0 Å². The second-order valence-corrected chi connectivity index (χ2v) is 5.25. The summed E-state index contributed by atoms with van der Waals surface area (Å²) < 4.78 is 10.0. The highest BCUT2D eigenvalue weighted by atomic mass is 16.5. The quantitative estimate of drug-likeness (QED) is 0.462. The van der Waals surface area contributed by atoms with E-state index in [-0.39, 0.29) is 29.3 Å². The summed E-state index contributed by atoms with van der Waals surface area (Å²) in [4.78, 5) is 34.7. The van der Waals surface area contributed by atoms with Crippen LogP contribution in [0.1, 0.15) is 36.2 Å². The fourth-order valence-electron chi connectivity index (χ4n) is 2.24. The number of hydrogen-bond donors (Lipinski definition) is 0. The zero-order chi connectivity index (χ0) is 17.5. The van der Waals surface area contributed by atoms with Gasteiger partial charge < -0.3 is 9.47 Å². The number of esters is 2. The number of carbonyl (C=O) groups is 3. The molecule has 0 amide bonds. The first-order valence-electron chi connectivity index (χ1n) is 7.53. The van der Waals surface area contributed by atoms with Crippen LogP contribution in [0.3, 0.4) is 0 Å². The van der Waals surface area contributed by atoms with Crippen molar-refractivity contribution in [2.24, 2.45) is 0 Å². The van der Waals surface area contributed by atoms with Gasteiger partial charge in [0.2, 0.25) is 0 Å². The Morgan fingerprint density at radius 1 is 0.875 bits per heavy atom. The Labute approximate surface area is 140 Å². The van der Waals surface area contributed by atoms with Crippen molar-refractivity contribution in [3.63, 3.8) is 0 Å². The average molecular weight is 326 g/mol. The smallest absolute Gasteiger partial charge is 0.308 e. The lowest BCUT2D eigenvalue weighted by molar-refractivity contribution is -0.132. The van der Waals surface area contributed by atoms with E-state index in [1.807, 2.05) is 30.3 Å². The lowest BCUT2D eigenvalue weighted by Gasteiger charge is -2.10. The molecule has 0 aromatic heterocycles. The van der Waals surface area contributed by atoms with E-state index in [0.29, 0.717) is 6.42 Å². The minimum atomic E-state index is -0.549. The maximum atomic E-state index is 12.5. The molecule has 0 aliphatic rings. The second-order valence-electron chi connectivity index (χ2n) is 5.25. The highest BCUT2D eigenvalue weighted by Crippen LogP contribution is 2.27. The highest BCUT2D eigenvalue weighted by Gasteiger charge is 2.16. The molecule has 2 rings (SSSR count). The van der Waals surface area contributed by atoms with Gasteiger partial charge in [0.15, 0.2) is 5.78 Å². The van der Waals surface area contributed by atoms with Gasteiger partial charge in [0.1, 0.15) is 11.5 Å². The van der Waals surface area contributed by atoms with Gasteiger partial charge in [0, 0.05) is 26.3 Å². The van der Waals surface area contributed by atoms with E-state index in [1.165, 1.54) is 32.0 Å². The topological polar surface area (TPSA) is 69.7 Å². The molecule has 0 saturated carbocycles. The summed E-state index contributed by atoms with van der Waals surface area (Å²) in [5.74, 6) is -0.874. The molecule has 2 aromatic rings. The molecular weight excluding hydrogens is 308 g/mol. The van der Waals surface area contributed by atoms with Gasteiger partial charge in [-0.1, -0.05) is 30.3 Å². The maximum absolute atomic E-state index is 12.5. The molecule has 24 heavy (non-hydrogen) atoms. The SMILES string of the molecule is CC(=O)Oc1ccc(C(=O)CCc2ccccc2)c(OC(C)=O)c1. The van der Waals surface area contributed by atoms with Gasteiger partial charge in [0.25, 0.3) is 0 Å². The number of hydrogen-bond acceptors (Lipinski definition) is 5. The van der Waals surface area contributed by atoms with Crippen molar-refractivity contribution in [1.82, 2.24) is 0 Å². The monoisotopic (exact) mass is 326 g/mol. The Bertz CT molecular complexity index is 750. The third-order valence-corrected chi connectivity index (χ3v) is 3.25. The van der Waals surface area contributed by atoms with E-state index < -0.39 is 11.9 Å². The van der Waals surface area contributed by atoms with Crippen molar-refractivity contribution in [1.29, 1.82) is 0 Å². The average Bonchev–Trinajstić information content (AvgIpc) is 2.52. The first-order chi connectivity index (χ1) is 11.5. The van der Waals surface area contributed by atoms with Gasteiger partial charge in [0.05, 0.1) is 5.56 Å².